The molecule has 1 N–H and O–H groups in total. The first-order chi connectivity index (χ1) is 12.3. The second-order valence-electron chi connectivity index (χ2n) is 7.01. The number of aromatic carboxylic acids is 1. The Bertz CT molecular complexity index is 865. The Balaban J connectivity index is 1.80. The number of hydrogen-bond acceptors (Lipinski definition) is 5. The molecule has 0 aliphatic carbocycles. The molecule has 0 saturated heterocycles. The van der Waals surface area contributed by atoms with Crippen LogP contribution in [-0.2, 0) is 24.2 Å². The number of ether oxygens (including phenoxy) is 1. The molecule has 136 valence electrons. The summed E-state index contributed by atoms with van der Waals surface area (Å²) >= 11 is 6.84. The van der Waals surface area contributed by atoms with Gasteiger partial charge in [-0.05, 0) is 19.4 Å². The fraction of sp³-hybridized carbons (Fsp3) is 0.350. The lowest BCUT2D eigenvalue weighted by atomic mass is 9.92. The third-order valence-electron chi connectivity index (χ3n) is 4.39. The molecule has 1 aliphatic rings. The topological polar surface area (TPSA) is 63.6 Å². The zero-order valence-corrected chi connectivity index (χ0v) is 16.3. The third kappa shape index (κ3) is 4.09. The number of carbonyl (C=O) groups excluding carboxylic acids is 1. The van der Waals surface area contributed by atoms with Gasteiger partial charge in [-0.2, -0.15) is 0 Å². The van der Waals surface area contributed by atoms with E-state index in [4.69, 9.17) is 17.0 Å². The molecule has 0 fully saturated rings. The lowest BCUT2D eigenvalue weighted by molar-refractivity contribution is -0.0384. The molecule has 0 spiro atoms. The predicted octanol–water partition coefficient (Wildman–Crippen LogP) is 4.48. The SMILES string of the molecule is CC1(C)Cc2c(sc(CC(=S)CC(=O)c3ccccc3)c2C(=O)O)CO1. The Hall–Kier alpha value is -1.89. The number of thiocarbonyl (C=S) groups is 1. The molecular weight excluding hydrogens is 368 g/mol. The van der Waals surface area contributed by atoms with Crippen molar-refractivity contribution in [3.05, 3.63) is 56.8 Å². The van der Waals surface area contributed by atoms with E-state index in [-0.39, 0.29) is 17.8 Å². The Morgan fingerprint density at radius 2 is 1.96 bits per heavy atom. The number of carbonyl (C=O) groups is 2. The molecule has 26 heavy (non-hydrogen) atoms. The zero-order chi connectivity index (χ0) is 18.9. The third-order valence-corrected chi connectivity index (χ3v) is 5.88. The van der Waals surface area contributed by atoms with Crippen LogP contribution in [0.15, 0.2) is 30.3 Å². The van der Waals surface area contributed by atoms with Gasteiger partial charge in [0.15, 0.2) is 5.78 Å². The number of carboxylic acids is 1. The van der Waals surface area contributed by atoms with Crippen LogP contribution in [0.3, 0.4) is 0 Å². The second kappa shape index (κ2) is 7.39. The average molecular weight is 389 g/mol. The first kappa shape index (κ1) is 18.9. The Kier molecular flexibility index (Phi) is 5.37. The van der Waals surface area contributed by atoms with Crippen molar-refractivity contribution < 1.29 is 19.4 Å². The summed E-state index contributed by atoms with van der Waals surface area (Å²) in [6, 6.07) is 9.00. The maximum Gasteiger partial charge on any atom is 0.337 e. The standard InChI is InChI=1S/C20H20O4S2/c1-20(2)10-14-17(11-24-20)26-16(18(14)19(22)23)9-13(25)8-15(21)12-6-4-3-5-7-12/h3-7H,8-11H2,1-2H3,(H,22,23). The smallest absolute Gasteiger partial charge is 0.337 e. The van der Waals surface area contributed by atoms with Crippen molar-refractivity contribution >= 4 is 40.2 Å². The van der Waals surface area contributed by atoms with E-state index < -0.39 is 5.97 Å². The van der Waals surface area contributed by atoms with Crippen LogP contribution in [0.25, 0.3) is 0 Å². The van der Waals surface area contributed by atoms with Crippen molar-refractivity contribution in [3.8, 4) is 0 Å². The minimum absolute atomic E-state index is 0.0433. The van der Waals surface area contributed by atoms with Crippen LogP contribution in [0.2, 0.25) is 0 Å². The van der Waals surface area contributed by atoms with Gasteiger partial charge in [-0.15, -0.1) is 11.3 Å². The molecule has 0 amide bonds. The minimum Gasteiger partial charge on any atom is -0.478 e. The van der Waals surface area contributed by atoms with E-state index in [1.54, 1.807) is 12.1 Å². The summed E-state index contributed by atoms with van der Waals surface area (Å²) in [4.78, 5) is 26.4. The highest BCUT2D eigenvalue weighted by Crippen LogP contribution is 2.38. The number of thiophene rings is 1. The van der Waals surface area contributed by atoms with E-state index >= 15 is 0 Å². The number of carboxylic acid groups (broad SMARTS) is 1. The van der Waals surface area contributed by atoms with E-state index in [1.165, 1.54) is 11.3 Å². The van der Waals surface area contributed by atoms with E-state index in [9.17, 15) is 14.7 Å². The quantitative estimate of drug-likeness (QED) is 0.584. The largest absolute Gasteiger partial charge is 0.478 e. The van der Waals surface area contributed by atoms with Gasteiger partial charge in [-0.3, -0.25) is 4.79 Å². The molecule has 1 aliphatic heterocycles. The summed E-state index contributed by atoms with van der Waals surface area (Å²) < 4.78 is 5.80. The lowest BCUT2D eigenvalue weighted by Gasteiger charge is -2.30. The molecule has 2 aromatic rings. The second-order valence-corrected chi connectivity index (χ2v) is 8.78. The van der Waals surface area contributed by atoms with Gasteiger partial charge in [0, 0.05) is 39.4 Å². The Morgan fingerprint density at radius 1 is 1.27 bits per heavy atom. The van der Waals surface area contributed by atoms with Crippen LogP contribution in [-0.4, -0.2) is 27.3 Å². The fourth-order valence-corrected chi connectivity index (χ4v) is 4.77. The van der Waals surface area contributed by atoms with Crippen LogP contribution >= 0.6 is 23.6 Å². The summed E-state index contributed by atoms with van der Waals surface area (Å²) in [6.45, 7) is 4.34. The van der Waals surface area contributed by atoms with Crippen LogP contribution in [0, 0.1) is 0 Å². The Morgan fingerprint density at radius 3 is 2.62 bits per heavy atom. The molecule has 0 radical (unpaired) electrons. The van der Waals surface area contributed by atoms with Gasteiger partial charge in [-0.25, -0.2) is 4.79 Å². The number of benzene rings is 1. The molecular formula is C20H20O4S2. The molecule has 1 aromatic heterocycles. The normalized spacial score (nSPS) is 15.3. The van der Waals surface area contributed by atoms with Crippen LogP contribution in [0.1, 0.15) is 56.3 Å². The van der Waals surface area contributed by atoms with Gasteiger partial charge in [0.05, 0.1) is 17.8 Å². The number of fused-ring (bicyclic) bond motifs is 1. The van der Waals surface area contributed by atoms with Crippen molar-refractivity contribution in [1.29, 1.82) is 0 Å². The van der Waals surface area contributed by atoms with Crippen LogP contribution in [0.5, 0.6) is 0 Å². The average Bonchev–Trinajstić information content (AvgIpc) is 2.91. The van der Waals surface area contributed by atoms with Crippen LogP contribution < -0.4 is 0 Å². The molecule has 0 unspecified atom stereocenters. The highest BCUT2D eigenvalue weighted by atomic mass is 32.1. The Labute approximate surface area is 161 Å². The summed E-state index contributed by atoms with van der Waals surface area (Å²) in [5, 5.41) is 9.71. The van der Waals surface area contributed by atoms with Gasteiger partial charge >= 0.3 is 5.97 Å². The minimum atomic E-state index is -0.938. The van der Waals surface area contributed by atoms with Crippen molar-refractivity contribution in [2.45, 2.75) is 45.3 Å². The maximum absolute atomic E-state index is 12.3. The van der Waals surface area contributed by atoms with Crippen molar-refractivity contribution in [3.63, 3.8) is 0 Å². The molecule has 2 heterocycles. The van der Waals surface area contributed by atoms with Gasteiger partial charge in [0.1, 0.15) is 0 Å². The van der Waals surface area contributed by atoms with Crippen LogP contribution in [0.4, 0.5) is 0 Å². The van der Waals surface area contributed by atoms with Crippen molar-refractivity contribution in [2.24, 2.45) is 0 Å². The predicted molar refractivity (Wildman–Crippen MR) is 106 cm³/mol. The van der Waals surface area contributed by atoms with Gasteiger partial charge in [-0.1, -0.05) is 42.5 Å². The van der Waals surface area contributed by atoms with Gasteiger partial charge in [0.25, 0.3) is 0 Å². The van der Waals surface area contributed by atoms with E-state index in [1.807, 2.05) is 32.0 Å². The first-order valence-corrected chi connectivity index (χ1v) is 9.60. The molecule has 0 saturated carbocycles. The summed E-state index contributed by atoms with van der Waals surface area (Å²) in [5.74, 6) is -0.981. The van der Waals surface area contributed by atoms with Gasteiger partial charge in [0.2, 0.25) is 0 Å². The number of hydrogen-bond donors (Lipinski definition) is 1. The van der Waals surface area contributed by atoms with Crippen molar-refractivity contribution in [2.75, 3.05) is 0 Å². The van der Waals surface area contributed by atoms with E-state index in [2.05, 4.69) is 0 Å². The van der Waals surface area contributed by atoms with E-state index in [0.717, 1.165) is 15.3 Å². The monoisotopic (exact) mass is 388 g/mol. The van der Waals surface area contributed by atoms with E-state index in [0.29, 0.717) is 35.4 Å². The zero-order valence-electron chi connectivity index (χ0n) is 14.7. The summed E-state index contributed by atoms with van der Waals surface area (Å²) in [7, 11) is 0. The van der Waals surface area contributed by atoms with Crippen molar-refractivity contribution in [1.82, 2.24) is 0 Å². The number of Topliss-reactive ketones (excluding diaryl/α,β-unsaturated/α-hetero) is 1. The van der Waals surface area contributed by atoms with Gasteiger partial charge < -0.3 is 9.84 Å². The molecule has 4 nitrogen and oxygen atoms in total. The maximum atomic E-state index is 12.3. The highest BCUT2D eigenvalue weighted by molar-refractivity contribution is 7.80. The molecule has 3 rings (SSSR count). The fourth-order valence-electron chi connectivity index (χ4n) is 3.13. The summed E-state index contributed by atoms with van der Waals surface area (Å²) in [5.41, 5.74) is 1.44. The number of ketones is 1. The number of rotatable bonds is 6. The molecule has 1 aromatic carbocycles. The molecule has 0 atom stereocenters. The molecule has 0 bridgehead atoms. The lowest BCUT2D eigenvalue weighted by Crippen LogP contribution is -2.31. The molecule has 6 heteroatoms. The highest BCUT2D eigenvalue weighted by Gasteiger charge is 2.33. The first-order valence-electron chi connectivity index (χ1n) is 8.37. The summed E-state index contributed by atoms with van der Waals surface area (Å²) in [6.07, 6.45) is 1.03.